The number of nitrogens with one attached hydrogen (secondary N) is 1. The Labute approximate surface area is 105 Å². The van der Waals surface area contributed by atoms with Gasteiger partial charge in [0.05, 0.1) is 0 Å². The monoisotopic (exact) mass is 238 g/mol. The van der Waals surface area contributed by atoms with Gasteiger partial charge in [-0.15, -0.1) is 0 Å². The molecule has 3 heterocycles. The summed E-state index contributed by atoms with van der Waals surface area (Å²) in [5, 5.41) is 3.47. The molecular formula is C13H26N4. The fourth-order valence-electron chi connectivity index (χ4n) is 4.26. The molecule has 2 bridgehead atoms. The minimum absolute atomic E-state index is 0.851. The maximum Gasteiger partial charge on any atom is 0.0202 e. The normalized spacial score (nSPS) is 41.6. The number of piperazine rings is 1. The van der Waals surface area contributed by atoms with Crippen molar-refractivity contribution in [1.29, 1.82) is 0 Å². The molecule has 0 amide bonds. The molecule has 17 heavy (non-hydrogen) atoms. The van der Waals surface area contributed by atoms with Crippen molar-refractivity contribution in [3.8, 4) is 0 Å². The molecular weight excluding hydrogens is 212 g/mol. The van der Waals surface area contributed by atoms with E-state index in [1.807, 2.05) is 0 Å². The Kier molecular flexibility index (Phi) is 3.39. The topological polar surface area (TPSA) is 21.8 Å². The summed E-state index contributed by atoms with van der Waals surface area (Å²) in [6.45, 7) is 10.0. The van der Waals surface area contributed by atoms with E-state index in [0.717, 1.165) is 17.9 Å². The van der Waals surface area contributed by atoms with Crippen LogP contribution in [0.25, 0.3) is 0 Å². The molecule has 0 aromatic heterocycles. The molecule has 98 valence electrons. The van der Waals surface area contributed by atoms with Gasteiger partial charge in [0.15, 0.2) is 0 Å². The van der Waals surface area contributed by atoms with E-state index in [4.69, 9.17) is 0 Å². The van der Waals surface area contributed by atoms with Crippen LogP contribution < -0.4 is 5.32 Å². The van der Waals surface area contributed by atoms with Gasteiger partial charge >= 0.3 is 0 Å². The second-order valence-electron chi connectivity index (χ2n) is 6.24. The number of nitrogens with zero attached hydrogens (tertiary/aromatic N) is 3. The van der Waals surface area contributed by atoms with Gasteiger partial charge in [-0.2, -0.15) is 0 Å². The van der Waals surface area contributed by atoms with Crippen LogP contribution in [0.15, 0.2) is 0 Å². The third kappa shape index (κ3) is 2.36. The molecule has 0 saturated carbocycles. The average Bonchev–Trinajstić information content (AvgIpc) is 2.28. The van der Waals surface area contributed by atoms with Crippen LogP contribution >= 0.6 is 0 Å². The van der Waals surface area contributed by atoms with Crippen LogP contribution in [0.4, 0.5) is 0 Å². The smallest absolute Gasteiger partial charge is 0.0202 e. The van der Waals surface area contributed by atoms with E-state index in [-0.39, 0.29) is 0 Å². The lowest BCUT2D eigenvalue weighted by Gasteiger charge is -2.53. The first-order valence-electron chi connectivity index (χ1n) is 7.06. The molecule has 4 heteroatoms. The van der Waals surface area contributed by atoms with Crippen LogP contribution in [0, 0.1) is 11.8 Å². The molecule has 0 aliphatic carbocycles. The first-order chi connectivity index (χ1) is 8.24. The standard InChI is InChI=1S/C13H26N4/c1-15-7-11-9-16(2)10-12(8-15)13(11)17-5-3-14-4-6-17/h11-14H,3-10H2,1-2H3. The average molecular weight is 238 g/mol. The fourth-order valence-corrected chi connectivity index (χ4v) is 4.26. The Morgan fingerprint density at radius 2 is 1.29 bits per heavy atom. The second-order valence-corrected chi connectivity index (χ2v) is 6.24. The molecule has 0 atom stereocenters. The van der Waals surface area contributed by atoms with Crippen LogP contribution in [-0.4, -0.2) is 87.2 Å². The van der Waals surface area contributed by atoms with E-state index >= 15 is 0 Å². The van der Waals surface area contributed by atoms with Crippen molar-refractivity contribution in [3.05, 3.63) is 0 Å². The minimum Gasteiger partial charge on any atom is -0.314 e. The van der Waals surface area contributed by atoms with E-state index in [2.05, 4.69) is 34.1 Å². The Morgan fingerprint density at radius 1 is 0.824 bits per heavy atom. The minimum atomic E-state index is 0.851. The van der Waals surface area contributed by atoms with Crippen molar-refractivity contribution < 1.29 is 0 Å². The highest BCUT2D eigenvalue weighted by molar-refractivity contribution is 4.98. The molecule has 0 spiro atoms. The van der Waals surface area contributed by atoms with Crippen molar-refractivity contribution in [2.24, 2.45) is 11.8 Å². The predicted octanol–water partition coefficient (Wildman–Crippen LogP) is -0.617. The summed E-state index contributed by atoms with van der Waals surface area (Å²) in [4.78, 5) is 7.86. The van der Waals surface area contributed by atoms with Crippen LogP contribution in [0.2, 0.25) is 0 Å². The summed E-state index contributed by atoms with van der Waals surface area (Å²) in [6, 6.07) is 0.851. The Hall–Kier alpha value is -0.160. The maximum atomic E-state index is 3.47. The molecule has 3 saturated heterocycles. The Morgan fingerprint density at radius 3 is 1.76 bits per heavy atom. The van der Waals surface area contributed by atoms with E-state index < -0.39 is 0 Å². The van der Waals surface area contributed by atoms with Crippen LogP contribution in [-0.2, 0) is 0 Å². The van der Waals surface area contributed by atoms with Crippen molar-refractivity contribution in [1.82, 2.24) is 20.0 Å². The lowest BCUT2D eigenvalue weighted by atomic mass is 9.78. The van der Waals surface area contributed by atoms with Gasteiger partial charge in [-0.3, -0.25) is 4.90 Å². The van der Waals surface area contributed by atoms with Crippen LogP contribution in [0.3, 0.4) is 0 Å². The van der Waals surface area contributed by atoms with E-state index in [1.165, 1.54) is 52.4 Å². The van der Waals surface area contributed by atoms with Gasteiger partial charge in [-0.1, -0.05) is 0 Å². The van der Waals surface area contributed by atoms with E-state index in [0.29, 0.717) is 0 Å². The zero-order valence-electron chi connectivity index (χ0n) is 11.2. The van der Waals surface area contributed by atoms with Crippen LogP contribution in [0.5, 0.6) is 0 Å². The molecule has 4 nitrogen and oxygen atoms in total. The lowest BCUT2D eigenvalue weighted by Crippen LogP contribution is -2.65. The third-order valence-electron chi connectivity index (χ3n) is 4.72. The number of likely N-dealkylation sites (tertiary alicyclic amines) is 2. The number of fused-ring (bicyclic) bond motifs is 2. The summed E-state index contributed by atoms with van der Waals surface area (Å²) in [5.74, 6) is 1.71. The quantitative estimate of drug-likeness (QED) is 0.657. The van der Waals surface area contributed by atoms with Gasteiger partial charge in [0, 0.05) is 70.2 Å². The molecule has 3 fully saturated rings. The molecule has 3 aliphatic rings. The summed E-state index contributed by atoms with van der Waals surface area (Å²) in [5.41, 5.74) is 0. The zero-order chi connectivity index (χ0) is 11.8. The molecule has 0 aromatic carbocycles. The zero-order valence-corrected chi connectivity index (χ0v) is 11.2. The highest BCUT2D eigenvalue weighted by atomic mass is 15.3. The van der Waals surface area contributed by atoms with Gasteiger partial charge in [0.25, 0.3) is 0 Å². The Balaban J connectivity index is 1.74. The SMILES string of the molecule is CN1CC2CN(C)CC(C1)C2N1CCNCC1. The largest absolute Gasteiger partial charge is 0.314 e. The molecule has 3 aliphatic heterocycles. The lowest BCUT2D eigenvalue weighted by molar-refractivity contribution is -0.0414. The summed E-state index contributed by atoms with van der Waals surface area (Å²) in [6.07, 6.45) is 0. The second kappa shape index (κ2) is 4.84. The van der Waals surface area contributed by atoms with Gasteiger partial charge in [0.2, 0.25) is 0 Å². The molecule has 3 rings (SSSR count). The number of piperidine rings is 2. The first-order valence-corrected chi connectivity index (χ1v) is 7.06. The summed E-state index contributed by atoms with van der Waals surface area (Å²) >= 11 is 0. The fraction of sp³-hybridized carbons (Fsp3) is 1.00. The van der Waals surface area contributed by atoms with E-state index in [9.17, 15) is 0 Å². The van der Waals surface area contributed by atoms with Gasteiger partial charge in [0.1, 0.15) is 0 Å². The van der Waals surface area contributed by atoms with Gasteiger partial charge in [-0.25, -0.2) is 0 Å². The first kappa shape index (κ1) is 11.9. The van der Waals surface area contributed by atoms with Crippen molar-refractivity contribution in [3.63, 3.8) is 0 Å². The number of hydrogen-bond donors (Lipinski definition) is 1. The maximum absolute atomic E-state index is 3.47. The van der Waals surface area contributed by atoms with Crippen molar-refractivity contribution in [2.75, 3.05) is 66.5 Å². The van der Waals surface area contributed by atoms with Gasteiger partial charge < -0.3 is 15.1 Å². The van der Waals surface area contributed by atoms with E-state index in [1.54, 1.807) is 0 Å². The highest BCUT2D eigenvalue weighted by Gasteiger charge is 2.43. The van der Waals surface area contributed by atoms with Crippen LogP contribution in [0.1, 0.15) is 0 Å². The number of hydrogen-bond acceptors (Lipinski definition) is 4. The van der Waals surface area contributed by atoms with Gasteiger partial charge in [-0.05, 0) is 14.1 Å². The summed E-state index contributed by atoms with van der Waals surface area (Å²) < 4.78 is 0. The van der Waals surface area contributed by atoms with Crippen molar-refractivity contribution in [2.45, 2.75) is 6.04 Å². The molecule has 0 aromatic rings. The predicted molar refractivity (Wildman–Crippen MR) is 70.2 cm³/mol. The van der Waals surface area contributed by atoms with Crippen molar-refractivity contribution >= 4 is 0 Å². The Bertz CT molecular complexity index is 234. The molecule has 0 unspecified atom stereocenters. The third-order valence-corrected chi connectivity index (χ3v) is 4.72. The summed E-state index contributed by atoms with van der Waals surface area (Å²) in [7, 11) is 4.58. The highest BCUT2D eigenvalue weighted by Crippen LogP contribution is 2.31. The molecule has 1 N–H and O–H groups in total. The molecule has 0 radical (unpaired) electrons. The number of rotatable bonds is 1.